The number of morpholine rings is 1. The summed E-state index contributed by atoms with van der Waals surface area (Å²) < 4.78 is 5.31. The molecule has 21 heavy (non-hydrogen) atoms. The van der Waals surface area contributed by atoms with Gasteiger partial charge in [0, 0.05) is 31.9 Å². The Morgan fingerprint density at radius 1 is 1.19 bits per heavy atom. The van der Waals surface area contributed by atoms with Crippen molar-refractivity contribution in [3.05, 3.63) is 29.8 Å². The highest BCUT2D eigenvalue weighted by Crippen LogP contribution is 2.23. The van der Waals surface area contributed by atoms with Crippen molar-refractivity contribution in [1.82, 2.24) is 4.90 Å². The molecule has 0 saturated carbocycles. The lowest BCUT2D eigenvalue weighted by Crippen LogP contribution is -2.42. The van der Waals surface area contributed by atoms with Crippen molar-refractivity contribution in [2.75, 3.05) is 44.7 Å². The van der Waals surface area contributed by atoms with Gasteiger partial charge >= 0.3 is 0 Å². The molecule has 0 bridgehead atoms. The zero-order valence-corrected chi connectivity index (χ0v) is 13.4. The van der Waals surface area contributed by atoms with Gasteiger partial charge in [-0.05, 0) is 23.1 Å². The van der Waals surface area contributed by atoms with Crippen LogP contribution in [0, 0.1) is 0 Å². The van der Waals surface area contributed by atoms with E-state index >= 15 is 0 Å². The van der Waals surface area contributed by atoms with Crippen LogP contribution in [0.1, 0.15) is 26.3 Å². The summed E-state index contributed by atoms with van der Waals surface area (Å²) in [7, 11) is 0. The Balaban J connectivity index is 1.76. The van der Waals surface area contributed by atoms with Crippen molar-refractivity contribution in [3.8, 4) is 0 Å². The third-order valence-corrected chi connectivity index (χ3v) is 3.87. The topological polar surface area (TPSA) is 44.7 Å². The average molecular weight is 292 g/mol. The van der Waals surface area contributed by atoms with Gasteiger partial charge in [-0.3, -0.25) is 4.90 Å². The third-order valence-electron chi connectivity index (χ3n) is 3.87. The fraction of sp³-hybridized carbons (Fsp3) is 0.647. The normalized spacial score (nSPS) is 18.5. The minimum atomic E-state index is -0.356. The highest BCUT2D eigenvalue weighted by atomic mass is 16.5. The Morgan fingerprint density at radius 3 is 2.38 bits per heavy atom. The van der Waals surface area contributed by atoms with Crippen LogP contribution in [0.5, 0.6) is 0 Å². The zero-order chi connectivity index (χ0) is 15.3. The van der Waals surface area contributed by atoms with E-state index in [1.54, 1.807) is 0 Å². The molecule has 1 aromatic carbocycles. The van der Waals surface area contributed by atoms with Crippen LogP contribution >= 0.6 is 0 Å². The van der Waals surface area contributed by atoms with Crippen LogP contribution in [0.4, 0.5) is 5.69 Å². The highest BCUT2D eigenvalue weighted by molar-refractivity contribution is 5.45. The molecule has 1 aliphatic rings. The number of β-amino-alcohol motifs (C(OH)–C–C–N with tert-alkyl or cyclic N) is 1. The predicted molar refractivity (Wildman–Crippen MR) is 86.9 cm³/mol. The second kappa shape index (κ2) is 7.25. The number of aliphatic hydroxyl groups excluding tert-OH is 1. The summed E-state index contributed by atoms with van der Waals surface area (Å²) in [5.41, 5.74) is 2.56. The van der Waals surface area contributed by atoms with E-state index in [-0.39, 0.29) is 11.5 Å². The minimum Gasteiger partial charge on any atom is -0.390 e. The molecule has 1 unspecified atom stereocenters. The van der Waals surface area contributed by atoms with Crippen LogP contribution in [0.3, 0.4) is 0 Å². The lowest BCUT2D eigenvalue weighted by atomic mass is 9.87. The van der Waals surface area contributed by atoms with Crippen molar-refractivity contribution >= 4 is 5.69 Å². The molecule has 4 nitrogen and oxygen atoms in total. The van der Waals surface area contributed by atoms with Crippen molar-refractivity contribution < 1.29 is 9.84 Å². The SMILES string of the molecule is CC(C)(C)c1ccc(NCC(O)CN2CCOCC2)cc1. The Bertz CT molecular complexity index is 419. The smallest absolute Gasteiger partial charge is 0.0839 e. The number of rotatable bonds is 5. The number of benzene rings is 1. The first kappa shape index (κ1) is 16.3. The van der Waals surface area contributed by atoms with E-state index < -0.39 is 0 Å². The number of aliphatic hydroxyl groups is 1. The summed E-state index contributed by atoms with van der Waals surface area (Å²) in [6.07, 6.45) is -0.356. The quantitative estimate of drug-likeness (QED) is 0.872. The molecule has 1 fully saturated rings. The van der Waals surface area contributed by atoms with Gasteiger partial charge in [0.15, 0.2) is 0 Å². The molecule has 118 valence electrons. The molecule has 4 heteroatoms. The molecule has 0 aliphatic carbocycles. The van der Waals surface area contributed by atoms with Crippen LogP contribution in [0.25, 0.3) is 0 Å². The first-order chi connectivity index (χ1) is 9.95. The molecule has 1 aliphatic heterocycles. The molecule has 0 aromatic heterocycles. The van der Waals surface area contributed by atoms with Crippen LogP contribution < -0.4 is 5.32 Å². The number of hydrogen-bond acceptors (Lipinski definition) is 4. The molecule has 1 atom stereocenters. The number of ether oxygens (including phenoxy) is 1. The Hall–Kier alpha value is -1.10. The average Bonchev–Trinajstić information content (AvgIpc) is 2.46. The minimum absolute atomic E-state index is 0.175. The van der Waals surface area contributed by atoms with Gasteiger partial charge < -0.3 is 15.2 Å². The molecule has 2 N–H and O–H groups in total. The lowest BCUT2D eigenvalue weighted by Gasteiger charge is -2.28. The maximum absolute atomic E-state index is 10.1. The molecule has 0 radical (unpaired) electrons. The Morgan fingerprint density at radius 2 is 1.81 bits per heavy atom. The van der Waals surface area contributed by atoms with E-state index in [9.17, 15) is 5.11 Å². The summed E-state index contributed by atoms with van der Waals surface area (Å²) in [5.74, 6) is 0. The number of anilines is 1. The van der Waals surface area contributed by atoms with Gasteiger partial charge in [0.1, 0.15) is 0 Å². The Labute approximate surface area is 128 Å². The standard InChI is InChI=1S/C17H28N2O2/c1-17(2,3)14-4-6-15(7-5-14)18-12-16(20)13-19-8-10-21-11-9-19/h4-7,16,18,20H,8-13H2,1-3H3. The number of hydrogen-bond donors (Lipinski definition) is 2. The molecule has 2 rings (SSSR count). The van der Waals surface area contributed by atoms with Crippen molar-refractivity contribution in [1.29, 1.82) is 0 Å². The van der Waals surface area contributed by atoms with Crippen molar-refractivity contribution in [2.24, 2.45) is 0 Å². The van der Waals surface area contributed by atoms with E-state index in [4.69, 9.17) is 4.74 Å². The third kappa shape index (κ3) is 5.30. The van der Waals surface area contributed by atoms with Gasteiger partial charge in [-0.2, -0.15) is 0 Å². The van der Waals surface area contributed by atoms with Crippen LogP contribution in [0.15, 0.2) is 24.3 Å². The first-order valence-corrected chi connectivity index (χ1v) is 7.78. The van der Waals surface area contributed by atoms with E-state index in [0.717, 1.165) is 32.0 Å². The fourth-order valence-electron chi connectivity index (χ4n) is 2.47. The first-order valence-electron chi connectivity index (χ1n) is 7.78. The highest BCUT2D eigenvalue weighted by Gasteiger charge is 2.15. The van der Waals surface area contributed by atoms with Crippen LogP contribution in [-0.4, -0.2) is 55.5 Å². The second-order valence-electron chi connectivity index (χ2n) is 6.78. The molecular formula is C17H28N2O2. The van der Waals surface area contributed by atoms with E-state index in [2.05, 4.69) is 55.3 Å². The van der Waals surface area contributed by atoms with Gasteiger partial charge in [0.25, 0.3) is 0 Å². The monoisotopic (exact) mass is 292 g/mol. The summed E-state index contributed by atoms with van der Waals surface area (Å²) >= 11 is 0. The van der Waals surface area contributed by atoms with Gasteiger partial charge in [-0.1, -0.05) is 32.9 Å². The molecule has 0 spiro atoms. The predicted octanol–water partition coefficient (Wildman–Crippen LogP) is 2.09. The molecule has 0 amide bonds. The van der Waals surface area contributed by atoms with Gasteiger partial charge in [-0.25, -0.2) is 0 Å². The molecule has 1 heterocycles. The summed E-state index contributed by atoms with van der Waals surface area (Å²) in [6.45, 7) is 11.3. The van der Waals surface area contributed by atoms with Crippen LogP contribution in [-0.2, 0) is 10.2 Å². The van der Waals surface area contributed by atoms with Crippen molar-refractivity contribution in [3.63, 3.8) is 0 Å². The molecule has 1 aromatic rings. The lowest BCUT2D eigenvalue weighted by molar-refractivity contribution is 0.0171. The Kier molecular flexibility index (Phi) is 5.62. The fourth-order valence-corrected chi connectivity index (χ4v) is 2.47. The van der Waals surface area contributed by atoms with Gasteiger partial charge in [0.05, 0.1) is 19.3 Å². The summed E-state index contributed by atoms with van der Waals surface area (Å²) in [4.78, 5) is 2.25. The maximum atomic E-state index is 10.1. The summed E-state index contributed by atoms with van der Waals surface area (Å²) in [6, 6.07) is 8.47. The number of nitrogens with zero attached hydrogens (tertiary/aromatic N) is 1. The largest absolute Gasteiger partial charge is 0.390 e. The van der Waals surface area contributed by atoms with Gasteiger partial charge in [-0.15, -0.1) is 0 Å². The zero-order valence-electron chi connectivity index (χ0n) is 13.4. The molecular weight excluding hydrogens is 264 g/mol. The molecule has 1 saturated heterocycles. The summed E-state index contributed by atoms with van der Waals surface area (Å²) in [5, 5.41) is 13.4. The van der Waals surface area contributed by atoms with E-state index in [1.165, 1.54) is 5.56 Å². The van der Waals surface area contributed by atoms with E-state index in [0.29, 0.717) is 13.1 Å². The number of nitrogens with one attached hydrogen (secondary N) is 1. The van der Waals surface area contributed by atoms with E-state index in [1.807, 2.05) is 0 Å². The van der Waals surface area contributed by atoms with Crippen LogP contribution in [0.2, 0.25) is 0 Å². The van der Waals surface area contributed by atoms with Crippen molar-refractivity contribution in [2.45, 2.75) is 32.3 Å². The van der Waals surface area contributed by atoms with Gasteiger partial charge in [0.2, 0.25) is 0 Å². The maximum Gasteiger partial charge on any atom is 0.0839 e. The second-order valence-corrected chi connectivity index (χ2v) is 6.78.